The molecule has 1 saturated carbocycles. The summed E-state index contributed by atoms with van der Waals surface area (Å²) in [6.45, 7) is 15.7. The Bertz CT molecular complexity index is 251. The van der Waals surface area contributed by atoms with E-state index in [9.17, 15) is 0 Å². The van der Waals surface area contributed by atoms with Gasteiger partial charge in [-0.25, -0.2) is 0 Å². The maximum Gasteiger partial charge on any atom is 0.0110 e. The molecule has 0 amide bonds. The van der Waals surface area contributed by atoms with Crippen LogP contribution in [0.1, 0.15) is 46.5 Å². The second kappa shape index (κ2) is 8.35. The Kier molecular flexibility index (Phi) is 6.79. The standard InChI is InChI=1S/C17H35N3/c1-15(2)18-8-9-19-10-12-20(13-11-19)14-17-6-4-16(3)5-7-17/h15-18H,4-14H2,1-3H3. The van der Waals surface area contributed by atoms with Gasteiger partial charge in [0.2, 0.25) is 0 Å². The van der Waals surface area contributed by atoms with Crippen molar-refractivity contribution in [1.82, 2.24) is 15.1 Å². The van der Waals surface area contributed by atoms with E-state index in [-0.39, 0.29) is 0 Å². The molecule has 0 radical (unpaired) electrons. The molecule has 1 heterocycles. The molecular weight excluding hydrogens is 246 g/mol. The zero-order chi connectivity index (χ0) is 14.4. The van der Waals surface area contributed by atoms with Crippen LogP contribution in [-0.4, -0.2) is 61.7 Å². The lowest BCUT2D eigenvalue weighted by atomic mass is 9.83. The highest BCUT2D eigenvalue weighted by atomic mass is 15.3. The second-order valence-electron chi connectivity index (χ2n) is 7.38. The first-order valence-corrected chi connectivity index (χ1v) is 8.81. The van der Waals surface area contributed by atoms with Gasteiger partial charge in [0.1, 0.15) is 0 Å². The average molecular weight is 281 g/mol. The van der Waals surface area contributed by atoms with Crippen LogP contribution in [-0.2, 0) is 0 Å². The van der Waals surface area contributed by atoms with Crippen LogP contribution in [0.15, 0.2) is 0 Å². The Hall–Kier alpha value is -0.120. The van der Waals surface area contributed by atoms with Gasteiger partial charge in [-0.05, 0) is 24.7 Å². The molecule has 3 nitrogen and oxygen atoms in total. The Morgan fingerprint density at radius 1 is 0.950 bits per heavy atom. The fraction of sp³-hybridized carbons (Fsp3) is 1.00. The minimum absolute atomic E-state index is 0.616. The van der Waals surface area contributed by atoms with Crippen molar-refractivity contribution >= 4 is 0 Å². The summed E-state index contributed by atoms with van der Waals surface area (Å²) in [6, 6.07) is 0.616. The summed E-state index contributed by atoms with van der Waals surface area (Å²) < 4.78 is 0. The van der Waals surface area contributed by atoms with Gasteiger partial charge in [0.05, 0.1) is 0 Å². The number of hydrogen-bond donors (Lipinski definition) is 1. The largest absolute Gasteiger partial charge is 0.313 e. The van der Waals surface area contributed by atoms with E-state index in [0.29, 0.717) is 6.04 Å². The lowest BCUT2D eigenvalue weighted by Crippen LogP contribution is -2.49. The Balaban J connectivity index is 1.57. The molecule has 1 aliphatic carbocycles. The lowest BCUT2D eigenvalue weighted by Gasteiger charge is -2.38. The van der Waals surface area contributed by atoms with Crippen LogP contribution in [0.3, 0.4) is 0 Å². The quantitative estimate of drug-likeness (QED) is 0.807. The third-order valence-electron chi connectivity index (χ3n) is 5.10. The molecule has 3 heteroatoms. The number of piperazine rings is 1. The first kappa shape index (κ1) is 16.3. The van der Waals surface area contributed by atoms with E-state index >= 15 is 0 Å². The van der Waals surface area contributed by atoms with E-state index in [0.717, 1.165) is 18.4 Å². The maximum atomic E-state index is 3.52. The predicted octanol–water partition coefficient (Wildman–Crippen LogP) is 2.43. The number of nitrogens with zero attached hydrogens (tertiary/aromatic N) is 2. The van der Waals surface area contributed by atoms with Crippen LogP contribution >= 0.6 is 0 Å². The van der Waals surface area contributed by atoms with Gasteiger partial charge < -0.3 is 10.2 Å². The molecule has 0 bridgehead atoms. The van der Waals surface area contributed by atoms with E-state index < -0.39 is 0 Å². The van der Waals surface area contributed by atoms with E-state index in [4.69, 9.17) is 0 Å². The highest BCUT2D eigenvalue weighted by Crippen LogP contribution is 2.28. The van der Waals surface area contributed by atoms with Crippen LogP contribution < -0.4 is 5.32 Å². The van der Waals surface area contributed by atoms with E-state index in [2.05, 4.69) is 35.9 Å². The fourth-order valence-corrected chi connectivity index (χ4v) is 3.58. The molecule has 0 unspecified atom stereocenters. The molecule has 2 rings (SSSR count). The van der Waals surface area contributed by atoms with Gasteiger partial charge in [-0.2, -0.15) is 0 Å². The molecule has 2 aliphatic rings. The first-order valence-electron chi connectivity index (χ1n) is 8.81. The molecule has 0 aromatic carbocycles. The highest BCUT2D eigenvalue weighted by Gasteiger charge is 2.23. The monoisotopic (exact) mass is 281 g/mol. The van der Waals surface area contributed by atoms with Crippen molar-refractivity contribution in [3.8, 4) is 0 Å². The summed E-state index contributed by atoms with van der Waals surface area (Å²) in [4.78, 5) is 5.34. The molecule has 1 saturated heterocycles. The van der Waals surface area contributed by atoms with Crippen LogP contribution in [0.25, 0.3) is 0 Å². The summed E-state index contributed by atoms with van der Waals surface area (Å²) >= 11 is 0. The predicted molar refractivity (Wildman–Crippen MR) is 87.1 cm³/mol. The average Bonchev–Trinajstić information content (AvgIpc) is 2.43. The fourth-order valence-electron chi connectivity index (χ4n) is 3.58. The van der Waals surface area contributed by atoms with Crippen molar-refractivity contribution in [3.05, 3.63) is 0 Å². The van der Waals surface area contributed by atoms with Gasteiger partial charge in [-0.1, -0.05) is 33.6 Å². The van der Waals surface area contributed by atoms with Gasteiger partial charge in [0, 0.05) is 51.9 Å². The zero-order valence-electron chi connectivity index (χ0n) is 13.9. The van der Waals surface area contributed by atoms with Crippen molar-refractivity contribution in [2.24, 2.45) is 11.8 Å². The molecular formula is C17H35N3. The normalized spacial score (nSPS) is 30.0. The van der Waals surface area contributed by atoms with Crippen LogP contribution in [0.5, 0.6) is 0 Å². The number of rotatable bonds is 6. The Morgan fingerprint density at radius 3 is 2.15 bits per heavy atom. The van der Waals surface area contributed by atoms with Gasteiger partial charge >= 0.3 is 0 Å². The Morgan fingerprint density at radius 2 is 1.55 bits per heavy atom. The van der Waals surface area contributed by atoms with Crippen molar-refractivity contribution in [1.29, 1.82) is 0 Å². The summed E-state index contributed by atoms with van der Waals surface area (Å²) in [5.41, 5.74) is 0. The molecule has 2 fully saturated rings. The van der Waals surface area contributed by atoms with Crippen LogP contribution in [0, 0.1) is 11.8 Å². The van der Waals surface area contributed by atoms with Gasteiger partial charge in [-0.15, -0.1) is 0 Å². The topological polar surface area (TPSA) is 18.5 Å². The number of nitrogens with one attached hydrogen (secondary N) is 1. The van der Waals surface area contributed by atoms with Crippen molar-refractivity contribution < 1.29 is 0 Å². The molecule has 1 aliphatic heterocycles. The molecule has 118 valence electrons. The first-order chi connectivity index (χ1) is 9.63. The molecule has 0 aromatic rings. The third-order valence-corrected chi connectivity index (χ3v) is 5.10. The molecule has 1 N–H and O–H groups in total. The number of hydrogen-bond acceptors (Lipinski definition) is 3. The lowest BCUT2D eigenvalue weighted by molar-refractivity contribution is 0.106. The van der Waals surface area contributed by atoms with Crippen molar-refractivity contribution in [2.75, 3.05) is 45.8 Å². The highest BCUT2D eigenvalue weighted by molar-refractivity contribution is 4.77. The molecule has 0 spiro atoms. The summed E-state index contributed by atoms with van der Waals surface area (Å²) in [5.74, 6) is 1.97. The summed E-state index contributed by atoms with van der Waals surface area (Å²) in [6.07, 6.45) is 5.87. The van der Waals surface area contributed by atoms with Gasteiger partial charge in [-0.3, -0.25) is 4.90 Å². The second-order valence-corrected chi connectivity index (χ2v) is 7.38. The molecule has 0 aromatic heterocycles. The van der Waals surface area contributed by atoms with E-state index in [1.54, 1.807) is 0 Å². The maximum absolute atomic E-state index is 3.52. The molecule has 0 atom stereocenters. The van der Waals surface area contributed by atoms with Crippen LogP contribution in [0.2, 0.25) is 0 Å². The van der Waals surface area contributed by atoms with Crippen LogP contribution in [0.4, 0.5) is 0 Å². The van der Waals surface area contributed by atoms with Crippen molar-refractivity contribution in [3.63, 3.8) is 0 Å². The van der Waals surface area contributed by atoms with Gasteiger partial charge in [0.25, 0.3) is 0 Å². The smallest absolute Gasteiger partial charge is 0.0110 e. The van der Waals surface area contributed by atoms with E-state index in [1.165, 1.54) is 65.0 Å². The third kappa shape index (κ3) is 5.71. The van der Waals surface area contributed by atoms with Gasteiger partial charge in [0.15, 0.2) is 0 Å². The minimum atomic E-state index is 0.616. The SMILES string of the molecule is CC1CCC(CN2CCN(CCNC(C)C)CC2)CC1. The van der Waals surface area contributed by atoms with Crippen molar-refractivity contribution in [2.45, 2.75) is 52.5 Å². The minimum Gasteiger partial charge on any atom is -0.313 e. The molecule has 20 heavy (non-hydrogen) atoms. The summed E-state index contributed by atoms with van der Waals surface area (Å²) in [5, 5.41) is 3.52. The summed E-state index contributed by atoms with van der Waals surface area (Å²) in [7, 11) is 0. The zero-order valence-corrected chi connectivity index (χ0v) is 13.9. The Labute approximate surface area is 126 Å². The van der Waals surface area contributed by atoms with E-state index in [1.807, 2.05) is 0 Å².